The van der Waals surface area contributed by atoms with Crippen LogP contribution in [-0.4, -0.2) is 25.0 Å². The number of benzene rings is 1. The Hall–Kier alpha value is -0.570. The maximum absolute atomic E-state index is 6.29. The molecule has 0 aliphatic rings. The molecule has 0 bridgehead atoms. The van der Waals surface area contributed by atoms with Gasteiger partial charge >= 0.3 is 0 Å². The van der Waals surface area contributed by atoms with Crippen molar-refractivity contribution in [2.45, 2.75) is 40.2 Å². The Labute approximate surface area is 129 Å². The summed E-state index contributed by atoms with van der Waals surface area (Å²) in [4.78, 5) is 2.35. The van der Waals surface area contributed by atoms with Gasteiger partial charge in [-0.3, -0.25) is 4.90 Å². The lowest BCUT2D eigenvalue weighted by molar-refractivity contribution is 0.186. The van der Waals surface area contributed by atoms with Gasteiger partial charge < -0.3 is 5.73 Å². The number of halogens is 1. The summed E-state index contributed by atoms with van der Waals surface area (Å²) in [5, 5.41) is 0.840. The largest absolute Gasteiger partial charge is 0.330 e. The van der Waals surface area contributed by atoms with E-state index in [9.17, 15) is 0 Å². The molecule has 114 valence electrons. The molecule has 20 heavy (non-hydrogen) atoms. The van der Waals surface area contributed by atoms with Gasteiger partial charge in [-0.05, 0) is 49.9 Å². The molecule has 2 nitrogen and oxygen atoms in total. The van der Waals surface area contributed by atoms with E-state index in [1.165, 1.54) is 5.56 Å². The van der Waals surface area contributed by atoms with Gasteiger partial charge in [0.05, 0.1) is 0 Å². The highest BCUT2D eigenvalue weighted by Crippen LogP contribution is 2.29. The van der Waals surface area contributed by atoms with Crippen molar-refractivity contribution in [1.29, 1.82) is 0 Å². The van der Waals surface area contributed by atoms with Crippen LogP contribution in [0.25, 0.3) is 0 Å². The lowest BCUT2D eigenvalue weighted by Crippen LogP contribution is -2.34. The molecule has 0 aromatic heterocycles. The number of hydrogen-bond donors (Lipinski definition) is 1. The fourth-order valence-electron chi connectivity index (χ4n) is 2.71. The van der Waals surface area contributed by atoms with Gasteiger partial charge in [0.25, 0.3) is 0 Å². The highest BCUT2D eigenvalue weighted by molar-refractivity contribution is 6.31. The summed E-state index contributed by atoms with van der Waals surface area (Å²) < 4.78 is 0. The first-order valence-corrected chi connectivity index (χ1v) is 7.77. The number of hydrogen-bond acceptors (Lipinski definition) is 2. The molecule has 2 atom stereocenters. The van der Waals surface area contributed by atoms with Crippen LogP contribution in [0.4, 0.5) is 0 Å². The first-order valence-electron chi connectivity index (χ1n) is 7.39. The quantitative estimate of drug-likeness (QED) is 0.846. The van der Waals surface area contributed by atoms with E-state index in [4.69, 9.17) is 17.3 Å². The molecule has 0 fully saturated rings. The number of nitrogens with zero attached hydrogens (tertiary/aromatic N) is 1. The van der Waals surface area contributed by atoms with Crippen LogP contribution in [0.2, 0.25) is 5.02 Å². The zero-order valence-electron chi connectivity index (χ0n) is 13.5. The van der Waals surface area contributed by atoms with Crippen LogP contribution in [0.15, 0.2) is 24.3 Å². The maximum Gasteiger partial charge on any atom is 0.0453 e. The molecule has 0 aliphatic heterocycles. The van der Waals surface area contributed by atoms with E-state index in [2.05, 4.69) is 45.7 Å². The topological polar surface area (TPSA) is 29.3 Å². The molecule has 0 aliphatic carbocycles. The summed E-state index contributed by atoms with van der Waals surface area (Å²) in [5.74, 6) is 0.518. The smallest absolute Gasteiger partial charge is 0.0453 e. The summed E-state index contributed by atoms with van der Waals surface area (Å²) in [6, 6.07) is 8.38. The van der Waals surface area contributed by atoms with E-state index in [1.54, 1.807) is 0 Å². The number of nitrogens with two attached hydrogens (primary N) is 1. The van der Waals surface area contributed by atoms with Crippen LogP contribution < -0.4 is 5.73 Å². The molecule has 0 radical (unpaired) electrons. The van der Waals surface area contributed by atoms with E-state index in [0.29, 0.717) is 17.4 Å². The van der Waals surface area contributed by atoms with Crippen molar-refractivity contribution in [2.24, 2.45) is 17.1 Å². The Morgan fingerprint density at radius 2 is 1.85 bits per heavy atom. The molecule has 0 saturated heterocycles. The predicted octanol–water partition coefficient (Wildman–Crippen LogP) is 4.34. The molecule has 1 rings (SSSR count). The molecule has 3 heteroatoms. The van der Waals surface area contributed by atoms with Crippen LogP contribution in [0, 0.1) is 11.3 Å². The van der Waals surface area contributed by atoms with Crippen molar-refractivity contribution in [2.75, 3.05) is 20.1 Å². The van der Waals surface area contributed by atoms with Gasteiger partial charge in [0.1, 0.15) is 0 Å². The van der Waals surface area contributed by atoms with Crippen LogP contribution in [0.1, 0.15) is 45.7 Å². The van der Waals surface area contributed by atoms with Crippen molar-refractivity contribution in [3.63, 3.8) is 0 Å². The minimum Gasteiger partial charge on any atom is -0.330 e. The van der Waals surface area contributed by atoms with Crippen molar-refractivity contribution >= 4 is 11.6 Å². The average molecular weight is 297 g/mol. The zero-order valence-corrected chi connectivity index (χ0v) is 14.2. The minimum absolute atomic E-state index is 0.303. The first kappa shape index (κ1) is 17.5. The van der Waals surface area contributed by atoms with Gasteiger partial charge in [0.15, 0.2) is 0 Å². The molecular formula is C17H29ClN2. The van der Waals surface area contributed by atoms with Crippen LogP contribution in [0.5, 0.6) is 0 Å². The Balaban J connectivity index is 2.69. The predicted molar refractivity (Wildman–Crippen MR) is 89.1 cm³/mol. The van der Waals surface area contributed by atoms with E-state index in [-0.39, 0.29) is 0 Å². The summed E-state index contributed by atoms with van der Waals surface area (Å²) in [6.45, 7) is 10.7. The summed E-state index contributed by atoms with van der Waals surface area (Å²) >= 11 is 6.29. The van der Waals surface area contributed by atoms with Gasteiger partial charge in [-0.25, -0.2) is 0 Å². The fraction of sp³-hybridized carbons (Fsp3) is 0.647. The molecule has 0 spiro atoms. The van der Waals surface area contributed by atoms with E-state index in [1.807, 2.05) is 18.2 Å². The Kier molecular flexibility index (Phi) is 6.50. The lowest BCUT2D eigenvalue weighted by Gasteiger charge is -2.32. The minimum atomic E-state index is 0.303. The van der Waals surface area contributed by atoms with E-state index >= 15 is 0 Å². The van der Waals surface area contributed by atoms with Gasteiger partial charge in [-0.2, -0.15) is 0 Å². The monoisotopic (exact) mass is 296 g/mol. The van der Waals surface area contributed by atoms with E-state index in [0.717, 1.165) is 24.5 Å². The summed E-state index contributed by atoms with van der Waals surface area (Å²) in [7, 11) is 2.15. The third-order valence-corrected chi connectivity index (χ3v) is 4.14. The molecule has 2 unspecified atom stereocenters. The molecule has 1 aromatic carbocycles. The van der Waals surface area contributed by atoms with Gasteiger partial charge in [-0.15, -0.1) is 0 Å². The van der Waals surface area contributed by atoms with E-state index < -0.39 is 0 Å². The van der Waals surface area contributed by atoms with Crippen molar-refractivity contribution in [1.82, 2.24) is 4.90 Å². The fourth-order valence-corrected chi connectivity index (χ4v) is 3.00. The normalized spacial score (nSPS) is 15.4. The summed E-state index contributed by atoms with van der Waals surface area (Å²) in [6.07, 6.45) is 1.14. The van der Waals surface area contributed by atoms with Crippen molar-refractivity contribution in [3.8, 4) is 0 Å². The SMILES string of the molecule is CC(c1ccccc1Cl)N(C)CC(CN)CC(C)(C)C. The third-order valence-electron chi connectivity index (χ3n) is 3.80. The van der Waals surface area contributed by atoms with Gasteiger partial charge in [0.2, 0.25) is 0 Å². The molecular weight excluding hydrogens is 268 g/mol. The van der Waals surface area contributed by atoms with Gasteiger partial charge in [-0.1, -0.05) is 50.6 Å². The summed E-state index contributed by atoms with van der Waals surface area (Å²) in [5.41, 5.74) is 7.45. The van der Waals surface area contributed by atoms with Gasteiger partial charge in [0, 0.05) is 17.6 Å². The van der Waals surface area contributed by atoms with Crippen LogP contribution in [0.3, 0.4) is 0 Å². The zero-order chi connectivity index (χ0) is 15.3. The highest BCUT2D eigenvalue weighted by atomic mass is 35.5. The highest BCUT2D eigenvalue weighted by Gasteiger charge is 2.22. The third kappa shape index (κ3) is 5.43. The standard InChI is InChI=1S/C17H29ClN2/c1-13(15-8-6-7-9-16(15)18)20(5)12-14(11-19)10-17(2,3)4/h6-9,13-14H,10-12,19H2,1-5H3. The molecule has 0 saturated carbocycles. The van der Waals surface area contributed by atoms with Crippen LogP contribution >= 0.6 is 11.6 Å². The molecule has 0 heterocycles. The first-order chi connectivity index (χ1) is 9.24. The second kappa shape index (κ2) is 7.44. The molecule has 1 aromatic rings. The lowest BCUT2D eigenvalue weighted by atomic mass is 9.84. The van der Waals surface area contributed by atoms with Crippen LogP contribution in [-0.2, 0) is 0 Å². The second-order valence-electron chi connectivity index (χ2n) is 7.00. The average Bonchev–Trinajstić information content (AvgIpc) is 2.36. The second-order valence-corrected chi connectivity index (χ2v) is 7.41. The number of rotatable bonds is 6. The Bertz CT molecular complexity index is 412. The Morgan fingerprint density at radius 3 is 2.35 bits per heavy atom. The Morgan fingerprint density at radius 1 is 1.25 bits per heavy atom. The molecule has 2 N–H and O–H groups in total. The van der Waals surface area contributed by atoms with Crippen molar-refractivity contribution in [3.05, 3.63) is 34.9 Å². The van der Waals surface area contributed by atoms with Crippen molar-refractivity contribution < 1.29 is 0 Å². The maximum atomic E-state index is 6.29. The molecule has 0 amide bonds.